The quantitative estimate of drug-likeness (QED) is 0.609. The Morgan fingerprint density at radius 2 is 1.83 bits per heavy atom. The molecule has 1 heterocycles. The van der Waals surface area contributed by atoms with Gasteiger partial charge in [-0.15, -0.1) is 0 Å². The minimum atomic E-state index is -0.500. The van der Waals surface area contributed by atoms with Crippen molar-refractivity contribution < 1.29 is 9.53 Å². The molecule has 5 nitrogen and oxygen atoms in total. The highest BCUT2D eigenvalue weighted by Crippen LogP contribution is 2.31. The Morgan fingerprint density at radius 1 is 1.03 bits per heavy atom. The van der Waals surface area contributed by atoms with Gasteiger partial charge in [-0.25, -0.2) is 4.98 Å². The van der Waals surface area contributed by atoms with Crippen LogP contribution in [0.4, 0.5) is 0 Å². The topological polar surface area (TPSA) is 77.2 Å². The average molecular weight is 389 g/mol. The van der Waals surface area contributed by atoms with Crippen molar-refractivity contribution in [2.24, 2.45) is 11.7 Å². The minimum absolute atomic E-state index is 0.363. The number of hydrogen-bond acceptors (Lipinski definition) is 4. The molecule has 0 radical (unpaired) electrons. The molecule has 3 N–H and O–H groups in total. The van der Waals surface area contributed by atoms with Crippen molar-refractivity contribution in [3.63, 3.8) is 0 Å². The van der Waals surface area contributed by atoms with Gasteiger partial charge in [0.2, 0.25) is 11.8 Å². The lowest BCUT2D eigenvalue weighted by atomic mass is 9.89. The van der Waals surface area contributed by atoms with E-state index in [9.17, 15) is 4.79 Å². The number of amides is 1. The van der Waals surface area contributed by atoms with Crippen molar-refractivity contribution in [2.75, 3.05) is 6.54 Å². The summed E-state index contributed by atoms with van der Waals surface area (Å²) in [6, 6.07) is 15.6. The van der Waals surface area contributed by atoms with E-state index < -0.39 is 5.91 Å². The van der Waals surface area contributed by atoms with E-state index in [1.807, 2.05) is 12.1 Å². The van der Waals surface area contributed by atoms with Gasteiger partial charge in [0.05, 0.1) is 5.56 Å². The standard InChI is InChI=1S/C24H27N3O2/c25-24(28)19-11-13-23(27-16-19)29-22-12-10-18(20-8-4-5-9-21(20)22)15-26-14-17-6-2-1-3-7-17/h4-5,8-13,16-17,26H,1-3,6-7,14-15H2,(H2,25,28). The van der Waals surface area contributed by atoms with Crippen LogP contribution in [0, 0.1) is 5.92 Å². The molecule has 1 fully saturated rings. The van der Waals surface area contributed by atoms with Gasteiger partial charge in [-0.05, 0) is 48.4 Å². The van der Waals surface area contributed by atoms with Crippen molar-refractivity contribution in [2.45, 2.75) is 38.6 Å². The Balaban J connectivity index is 1.49. The summed E-state index contributed by atoms with van der Waals surface area (Å²) in [4.78, 5) is 15.4. The molecule has 0 spiro atoms. The normalized spacial score (nSPS) is 14.8. The highest BCUT2D eigenvalue weighted by atomic mass is 16.5. The van der Waals surface area contributed by atoms with Crippen LogP contribution >= 0.6 is 0 Å². The van der Waals surface area contributed by atoms with Crippen LogP contribution in [0.5, 0.6) is 11.6 Å². The maximum Gasteiger partial charge on any atom is 0.250 e. The fourth-order valence-electron chi connectivity index (χ4n) is 4.08. The van der Waals surface area contributed by atoms with Crippen LogP contribution in [0.1, 0.15) is 48.0 Å². The Bertz CT molecular complexity index is 979. The summed E-state index contributed by atoms with van der Waals surface area (Å²) >= 11 is 0. The molecule has 1 saturated carbocycles. The Hall–Kier alpha value is -2.92. The number of pyridine rings is 1. The number of fused-ring (bicyclic) bond motifs is 1. The molecule has 150 valence electrons. The van der Waals surface area contributed by atoms with Crippen molar-refractivity contribution in [3.8, 4) is 11.6 Å². The third-order valence-electron chi connectivity index (χ3n) is 5.68. The molecule has 0 aliphatic heterocycles. The van der Waals surface area contributed by atoms with Gasteiger partial charge >= 0.3 is 0 Å². The maximum absolute atomic E-state index is 11.2. The number of rotatable bonds is 7. The second-order valence-electron chi connectivity index (χ2n) is 7.75. The molecule has 3 aromatic rings. The number of carbonyl (C=O) groups excluding carboxylic acids is 1. The van der Waals surface area contributed by atoms with Crippen LogP contribution in [0.2, 0.25) is 0 Å². The van der Waals surface area contributed by atoms with Gasteiger partial charge in [0, 0.05) is 24.2 Å². The average Bonchev–Trinajstić information content (AvgIpc) is 2.76. The lowest BCUT2D eigenvalue weighted by Gasteiger charge is -2.22. The SMILES string of the molecule is NC(=O)c1ccc(Oc2ccc(CNCC3CCCCC3)c3ccccc23)nc1. The van der Waals surface area contributed by atoms with Crippen LogP contribution in [0.15, 0.2) is 54.7 Å². The molecule has 1 aromatic heterocycles. The first-order valence-electron chi connectivity index (χ1n) is 10.4. The Labute approximate surface area is 171 Å². The molecule has 2 aromatic carbocycles. The molecule has 4 rings (SSSR count). The van der Waals surface area contributed by atoms with Crippen LogP contribution in [0.3, 0.4) is 0 Å². The zero-order chi connectivity index (χ0) is 20.1. The van der Waals surface area contributed by atoms with Gasteiger partial charge in [0.25, 0.3) is 0 Å². The summed E-state index contributed by atoms with van der Waals surface area (Å²) in [5.41, 5.74) is 6.90. The third kappa shape index (κ3) is 4.74. The van der Waals surface area contributed by atoms with E-state index in [1.54, 1.807) is 12.1 Å². The summed E-state index contributed by atoms with van der Waals surface area (Å²) in [7, 11) is 0. The molecule has 0 unspecified atom stereocenters. The Kier molecular flexibility index (Phi) is 6.06. The summed E-state index contributed by atoms with van der Waals surface area (Å²) in [6.45, 7) is 1.94. The predicted molar refractivity (Wildman–Crippen MR) is 115 cm³/mol. The van der Waals surface area contributed by atoms with Gasteiger partial charge in [-0.2, -0.15) is 0 Å². The zero-order valence-corrected chi connectivity index (χ0v) is 16.6. The number of ether oxygens (including phenoxy) is 1. The fraction of sp³-hybridized carbons (Fsp3) is 0.333. The van der Waals surface area contributed by atoms with Gasteiger partial charge in [0.1, 0.15) is 5.75 Å². The Morgan fingerprint density at radius 3 is 2.55 bits per heavy atom. The number of benzene rings is 2. The van der Waals surface area contributed by atoms with E-state index in [0.29, 0.717) is 11.4 Å². The number of nitrogens with zero attached hydrogens (tertiary/aromatic N) is 1. The number of aromatic nitrogens is 1. The first-order valence-corrected chi connectivity index (χ1v) is 10.4. The molecule has 1 amide bonds. The smallest absolute Gasteiger partial charge is 0.250 e. The van der Waals surface area contributed by atoms with Crippen LogP contribution < -0.4 is 15.8 Å². The summed E-state index contributed by atoms with van der Waals surface area (Å²) < 4.78 is 6.00. The van der Waals surface area contributed by atoms with E-state index in [-0.39, 0.29) is 0 Å². The number of nitrogens with two attached hydrogens (primary N) is 1. The van der Waals surface area contributed by atoms with E-state index >= 15 is 0 Å². The molecule has 0 bridgehead atoms. The monoisotopic (exact) mass is 389 g/mol. The van der Waals surface area contributed by atoms with E-state index in [4.69, 9.17) is 10.5 Å². The minimum Gasteiger partial charge on any atom is -0.438 e. The van der Waals surface area contributed by atoms with E-state index in [1.165, 1.54) is 49.3 Å². The van der Waals surface area contributed by atoms with Crippen LogP contribution in [-0.2, 0) is 6.54 Å². The first kappa shape index (κ1) is 19.4. The number of nitrogens with one attached hydrogen (secondary N) is 1. The van der Waals surface area contributed by atoms with Crippen molar-refractivity contribution in [1.82, 2.24) is 10.3 Å². The highest BCUT2D eigenvalue weighted by molar-refractivity contribution is 5.92. The largest absolute Gasteiger partial charge is 0.438 e. The zero-order valence-electron chi connectivity index (χ0n) is 16.6. The summed E-state index contributed by atoms with van der Waals surface area (Å²) in [5.74, 6) is 1.49. The van der Waals surface area contributed by atoms with Crippen LogP contribution in [-0.4, -0.2) is 17.4 Å². The molecule has 0 atom stereocenters. The van der Waals surface area contributed by atoms with Gasteiger partial charge in [-0.3, -0.25) is 4.79 Å². The van der Waals surface area contributed by atoms with E-state index in [2.05, 4.69) is 34.6 Å². The molecule has 1 aliphatic carbocycles. The second kappa shape index (κ2) is 9.05. The molecule has 1 aliphatic rings. The first-order chi connectivity index (χ1) is 14.2. The lowest BCUT2D eigenvalue weighted by Crippen LogP contribution is -2.24. The molecule has 29 heavy (non-hydrogen) atoms. The fourth-order valence-corrected chi connectivity index (χ4v) is 4.08. The van der Waals surface area contributed by atoms with Crippen molar-refractivity contribution in [3.05, 3.63) is 65.9 Å². The van der Waals surface area contributed by atoms with Crippen molar-refractivity contribution >= 4 is 16.7 Å². The number of carbonyl (C=O) groups is 1. The van der Waals surface area contributed by atoms with Gasteiger partial charge < -0.3 is 15.8 Å². The lowest BCUT2D eigenvalue weighted by molar-refractivity contribution is 0.1000. The highest BCUT2D eigenvalue weighted by Gasteiger charge is 2.13. The van der Waals surface area contributed by atoms with E-state index in [0.717, 1.165) is 30.1 Å². The maximum atomic E-state index is 11.2. The summed E-state index contributed by atoms with van der Waals surface area (Å²) in [5, 5.41) is 5.87. The van der Waals surface area contributed by atoms with Crippen LogP contribution in [0.25, 0.3) is 10.8 Å². The third-order valence-corrected chi connectivity index (χ3v) is 5.68. The number of primary amides is 1. The van der Waals surface area contributed by atoms with Crippen molar-refractivity contribution in [1.29, 1.82) is 0 Å². The summed E-state index contributed by atoms with van der Waals surface area (Å²) in [6.07, 6.45) is 8.27. The van der Waals surface area contributed by atoms with Gasteiger partial charge in [0.15, 0.2) is 0 Å². The second-order valence-corrected chi connectivity index (χ2v) is 7.75. The predicted octanol–water partition coefficient (Wildman–Crippen LogP) is 4.80. The molecule has 5 heteroatoms. The number of hydrogen-bond donors (Lipinski definition) is 2. The molecule has 0 saturated heterocycles. The molecular weight excluding hydrogens is 362 g/mol. The molecular formula is C24H27N3O2. The van der Waals surface area contributed by atoms with Gasteiger partial charge in [-0.1, -0.05) is 49.6 Å².